The standard InChI is InChI=1S/C9H14N4O5/c10-5-1-2-13(8(16)12-5)7-9(11,17)6(15)4(3-14)18-7/h1-2,4,6-7,14-15,17H,3,11H2,(H2,10,12,16)/t4-,6-,7-,9-/m1/s1. The van der Waals surface area contributed by atoms with Crippen LogP contribution in [0.3, 0.4) is 0 Å². The van der Waals surface area contributed by atoms with Crippen molar-refractivity contribution >= 4 is 5.82 Å². The first-order valence-corrected chi connectivity index (χ1v) is 5.18. The summed E-state index contributed by atoms with van der Waals surface area (Å²) in [5, 5.41) is 28.6. The Morgan fingerprint density at radius 3 is 2.78 bits per heavy atom. The Balaban J connectivity index is 2.42. The summed E-state index contributed by atoms with van der Waals surface area (Å²) in [6.45, 7) is -0.547. The van der Waals surface area contributed by atoms with E-state index in [1.807, 2.05) is 0 Å². The maximum Gasteiger partial charge on any atom is 0.351 e. The monoisotopic (exact) mass is 258 g/mol. The molecule has 1 aromatic rings. The Hall–Kier alpha value is -1.52. The number of aliphatic hydroxyl groups is 3. The highest BCUT2D eigenvalue weighted by Crippen LogP contribution is 2.33. The molecule has 1 aliphatic rings. The normalized spacial score (nSPS) is 35.9. The molecule has 2 rings (SSSR count). The highest BCUT2D eigenvalue weighted by Gasteiger charge is 2.54. The minimum Gasteiger partial charge on any atom is -0.394 e. The number of hydrogen-bond acceptors (Lipinski definition) is 8. The molecule has 1 fully saturated rings. The van der Waals surface area contributed by atoms with E-state index in [0.717, 1.165) is 4.57 Å². The van der Waals surface area contributed by atoms with Crippen molar-refractivity contribution in [1.82, 2.24) is 9.55 Å². The first kappa shape index (κ1) is 12.9. The number of nitrogens with zero attached hydrogens (tertiary/aromatic N) is 2. The van der Waals surface area contributed by atoms with Gasteiger partial charge >= 0.3 is 5.69 Å². The molecule has 18 heavy (non-hydrogen) atoms. The number of anilines is 1. The van der Waals surface area contributed by atoms with E-state index in [-0.39, 0.29) is 5.82 Å². The SMILES string of the molecule is Nc1ccn([C@@H]2O[C@H](CO)[C@@H](O)[C@@]2(N)O)c(=O)n1. The topological polar surface area (TPSA) is 157 Å². The van der Waals surface area contributed by atoms with Crippen molar-refractivity contribution in [1.29, 1.82) is 0 Å². The molecular formula is C9H14N4O5. The van der Waals surface area contributed by atoms with E-state index in [2.05, 4.69) is 4.98 Å². The van der Waals surface area contributed by atoms with E-state index in [1.165, 1.54) is 12.3 Å². The third-order valence-electron chi connectivity index (χ3n) is 2.81. The Morgan fingerprint density at radius 2 is 2.28 bits per heavy atom. The molecule has 0 spiro atoms. The second-order valence-corrected chi connectivity index (χ2v) is 4.08. The molecule has 0 bridgehead atoms. The van der Waals surface area contributed by atoms with E-state index < -0.39 is 36.5 Å². The third kappa shape index (κ3) is 1.87. The molecule has 1 aliphatic heterocycles. The van der Waals surface area contributed by atoms with Crippen molar-refractivity contribution in [3.63, 3.8) is 0 Å². The summed E-state index contributed by atoms with van der Waals surface area (Å²) in [5.41, 5.74) is 7.85. The molecule has 0 unspecified atom stereocenters. The molecule has 9 heteroatoms. The molecular weight excluding hydrogens is 244 g/mol. The summed E-state index contributed by atoms with van der Waals surface area (Å²) < 4.78 is 6.05. The van der Waals surface area contributed by atoms with E-state index in [4.69, 9.17) is 21.3 Å². The summed E-state index contributed by atoms with van der Waals surface area (Å²) >= 11 is 0. The van der Waals surface area contributed by atoms with Gasteiger partial charge in [-0.05, 0) is 6.07 Å². The smallest absolute Gasteiger partial charge is 0.351 e. The number of aromatic nitrogens is 2. The zero-order valence-corrected chi connectivity index (χ0v) is 9.30. The van der Waals surface area contributed by atoms with Crippen LogP contribution in [0.15, 0.2) is 17.1 Å². The second kappa shape index (κ2) is 4.30. The lowest BCUT2D eigenvalue weighted by Gasteiger charge is -2.26. The van der Waals surface area contributed by atoms with Gasteiger partial charge in [0.2, 0.25) is 0 Å². The minimum atomic E-state index is -2.21. The second-order valence-electron chi connectivity index (χ2n) is 4.08. The van der Waals surface area contributed by atoms with Gasteiger partial charge in [0, 0.05) is 6.20 Å². The van der Waals surface area contributed by atoms with Crippen LogP contribution in [-0.4, -0.2) is 49.4 Å². The number of ether oxygens (including phenoxy) is 1. The van der Waals surface area contributed by atoms with Crippen molar-refractivity contribution in [2.24, 2.45) is 5.73 Å². The minimum absolute atomic E-state index is 0.00839. The number of nitrogens with two attached hydrogens (primary N) is 2. The summed E-state index contributed by atoms with van der Waals surface area (Å²) in [6.07, 6.45) is -2.74. The maximum absolute atomic E-state index is 11.6. The largest absolute Gasteiger partial charge is 0.394 e. The van der Waals surface area contributed by atoms with E-state index >= 15 is 0 Å². The quantitative estimate of drug-likeness (QED) is 0.346. The van der Waals surface area contributed by atoms with Crippen molar-refractivity contribution in [3.05, 3.63) is 22.7 Å². The average molecular weight is 258 g/mol. The molecule has 0 saturated carbocycles. The van der Waals surface area contributed by atoms with E-state index in [9.17, 15) is 15.0 Å². The molecule has 100 valence electrons. The van der Waals surface area contributed by atoms with Crippen LogP contribution in [0.1, 0.15) is 6.23 Å². The Labute approximate surface area is 101 Å². The van der Waals surface area contributed by atoms with Crippen LogP contribution in [0.25, 0.3) is 0 Å². The fourth-order valence-electron chi connectivity index (χ4n) is 1.83. The van der Waals surface area contributed by atoms with Crippen LogP contribution >= 0.6 is 0 Å². The molecule has 0 radical (unpaired) electrons. The maximum atomic E-state index is 11.6. The zero-order chi connectivity index (χ0) is 13.5. The van der Waals surface area contributed by atoms with Crippen LogP contribution in [-0.2, 0) is 4.74 Å². The number of nitrogen functional groups attached to an aromatic ring is 1. The summed E-state index contributed by atoms with van der Waals surface area (Å²) in [4.78, 5) is 15.1. The summed E-state index contributed by atoms with van der Waals surface area (Å²) in [7, 11) is 0. The van der Waals surface area contributed by atoms with Gasteiger partial charge in [-0.25, -0.2) is 4.79 Å². The fourth-order valence-corrected chi connectivity index (χ4v) is 1.83. The predicted molar refractivity (Wildman–Crippen MR) is 59.0 cm³/mol. The number of rotatable bonds is 2. The lowest BCUT2D eigenvalue weighted by Crippen LogP contribution is -2.55. The highest BCUT2D eigenvalue weighted by molar-refractivity contribution is 5.23. The first-order valence-electron chi connectivity index (χ1n) is 5.18. The van der Waals surface area contributed by atoms with Gasteiger partial charge in [-0.2, -0.15) is 4.98 Å². The molecule has 1 saturated heterocycles. The van der Waals surface area contributed by atoms with Crippen LogP contribution in [0.4, 0.5) is 5.82 Å². The highest BCUT2D eigenvalue weighted by atomic mass is 16.6. The third-order valence-corrected chi connectivity index (χ3v) is 2.81. The molecule has 9 nitrogen and oxygen atoms in total. The summed E-state index contributed by atoms with van der Waals surface area (Å²) in [5.74, 6) is 0.00839. The molecule has 4 atom stereocenters. The molecule has 0 aliphatic carbocycles. The van der Waals surface area contributed by atoms with Gasteiger partial charge in [-0.15, -0.1) is 0 Å². The van der Waals surface area contributed by atoms with Gasteiger partial charge in [0.15, 0.2) is 12.0 Å². The van der Waals surface area contributed by atoms with Crippen LogP contribution in [0.5, 0.6) is 0 Å². The van der Waals surface area contributed by atoms with Crippen LogP contribution < -0.4 is 17.2 Å². The lowest BCUT2D eigenvalue weighted by atomic mass is 10.1. The Morgan fingerprint density at radius 1 is 1.61 bits per heavy atom. The number of hydrogen-bond donors (Lipinski definition) is 5. The van der Waals surface area contributed by atoms with E-state index in [1.54, 1.807) is 0 Å². The van der Waals surface area contributed by atoms with Crippen molar-refractivity contribution in [2.45, 2.75) is 24.2 Å². The molecule has 1 aromatic heterocycles. The van der Waals surface area contributed by atoms with E-state index in [0.29, 0.717) is 0 Å². The molecule has 7 N–H and O–H groups in total. The van der Waals surface area contributed by atoms with Crippen molar-refractivity contribution < 1.29 is 20.1 Å². The molecule has 2 heterocycles. The van der Waals surface area contributed by atoms with Crippen LogP contribution in [0, 0.1) is 0 Å². The van der Waals surface area contributed by atoms with Crippen molar-refractivity contribution in [2.75, 3.05) is 12.3 Å². The van der Waals surface area contributed by atoms with Gasteiger partial charge in [0.05, 0.1) is 6.61 Å². The van der Waals surface area contributed by atoms with Gasteiger partial charge in [-0.1, -0.05) is 0 Å². The van der Waals surface area contributed by atoms with Gasteiger partial charge in [0.25, 0.3) is 0 Å². The number of aliphatic hydroxyl groups excluding tert-OH is 2. The zero-order valence-electron chi connectivity index (χ0n) is 9.30. The summed E-state index contributed by atoms with van der Waals surface area (Å²) in [6, 6.07) is 1.32. The predicted octanol–water partition coefficient (Wildman–Crippen LogP) is -3.28. The van der Waals surface area contributed by atoms with Gasteiger partial charge in [-0.3, -0.25) is 10.3 Å². The first-order chi connectivity index (χ1) is 8.37. The fraction of sp³-hybridized carbons (Fsp3) is 0.556. The lowest BCUT2D eigenvalue weighted by molar-refractivity contribution is -0.107. The average Bonchev–Trinajstić information content (AvgIpc) is 2.52. The molecule has 0 amide bonds. The van der Waals surface area contributed by atoms with Gasteiger partial charge in [0.1, 0.15) is 18.0 Å². The van der Waals surface area contributed by atoms with Crippen LogP contribution in [0.2, 0.25) is 0 Å². The van der Waals surface area contributed by atoms with Crippen molar-refractivity contribution in [3.8, 4) is 0 Å². The Bertz CT molecular complexity index is 502. The molecule has 0 aromatic carbocycles. The Kier molecular flexibility index (Phi) is 3.09. The van der Waals surface area contributed by atoms with Gasteiger partial charge < -0.3 is 25.8 Å².